The molecule has 0 aliphatic carbocycles. The van der Waals surface area contributed by atoms with Gasteiger partial charge in [0.05, 0.1) is 4.92 Å². The number of nitro benzene ring substituents is 1. The zero-order valence-corrected chi connectivity index (χ0v) is 11.9. The Labute approximate surface area is 112 Å². The number of thioether (sulfide) groups is 1. The van der Waals surface area contributed by atoms with Crippen LogP contribution < -0.4 is 5.32 Å². The molecule has 0 aliphatic rings. The Hall–Kier alpha value is -1.07. The average molecular weight is 268 g/mol. The van der Waals surface area contributed by atoms with Crippen molar-refractivity contribution in [3.63, 3.8) is 0 Å². The quantitative estimate of drug-likeness (QED) is 0.469. The van der Waals surface area contributed by atoms with Gasteiger partial charge in [-0.1, -0.05) is 18.2 Å². The smallest absolute Gasteiger partial charge is 0.272 e. The third-order valence-electron chi connectivity index (χ3n) is 2.86. The maximum absolute atomic E-state index is 10.8. The van der Waals surface area contributed by atoms with E-state index in [0.717, 1.165) is 18.7 Å². The molecule has 0 bridgehead atoms. The summed E-state index contributed by atoms with van der Waals surface area (Å²) in [5.74, 6) is 0. The highest BCUT2D eigenvalue weighted by Gasteiger charge is 2.15. The Morgan fingerprint density at radius 2 is 2.06 bits per heavy atom. The van der Waals surface area contributed by atoms with Crippen LogP contribution in [0.2, 0.25) is 0 Å². The van der Waals surface area contributed by atoms with Crippen molar-refractivity contribution in [3.8, 4) is 0 Å². The minimum atomic E-state index is -0.318. The van der Waals surface area contributed by atoms with Gasteiger partial charge < -0.3 is 5.32 Å². The molecule has 0 spiro atoms. The number of nitrogens with one attached hydrogen (secondary N) is 1. The molecule has 0 saturated carbocycles. The van der Waals surface area contributed by atoms with Gasteiger partial charge in [0, 0.05) is 22.9 Å². The van der Waals surface area contributed by atoms with Crippen LogP contribution in [0, 0.1) is 10.1 Å². The molecule has 1 N–H and O–H groups in total. The van der Waals surface area contributed by atoms with E-state index in [0.29, 0.717) is 6.42 Å². The van der Waals surface area contributed by atoms with Crippen LogP contribution in [-0.4, -0.2) is 29.0 Å². The Balaban J connectivity index is 2.47. The van der Waals surface area contributed by atoms with Gasteiger partial charge in [0.2, 0.25) is 0 Å². The first kappa shape index (κ1) is 15.0. The molecule has 0 atom stereocenters. The first-order valence-electron chi connectivity index (χ1n) is 5.94. The molecule has 0 aromatic heterocycles. The Morgan fingerprint density at radius 1 is 1.39 bits per heavy atom. The van der Waals surface area contributed by atoms with Crippen molar-refractivity contribution in [2.24, 2.45) is 0 Å². The summed E-state index contributed by atoms with van der Waals surface area (Å²) in [6, 6.07) is 6.92. The third kappa shape index (κ3) is 4.66. The number of rotatable bonds is 7. The molecule has 0 saturated heterocycles. The predicted molar refractivity (Wildman–Crippen MR) is 77.3 cm³/mol. The van der Waals surface area contributed by atoms with Crippen LogP contribution in [0.15, 0.2) is 24.3 Å². The van der Waals surface area contributed by atoms with E-state index in [-0.39, 0.29) is 15.4 Å². The van der Waals surface area contributed by atoms with Gasteiger partial charge in [0.1, 0.15) is 0 Å². The van der Waals surface area contributed by atoms with E-state index in [2.05, 4.69) is 25.4 Å². The summed E-state index contributed by atoms with van der Waals surface area (Å²) in [4.78, 5) is 10.5. The molecule has 0 amide bonds. The third-order valence-corrected chi connectivity index (χ3v) is 4.11. The first-order valence-corrected chi connectivity index (χ1v) is 7.17. The maximum atomic E-state index is 10.8. The van der Waals surface area contributed by atoms with Gasteiger partial charge in [0.25, 0.3) is 5.69 Å². The lowest BCUT2D eigenvalue weighted by atomic mass is 10.1. The zero-order valence-electron chi connectivity index (χ0n) is 11.1. The monoisotopic (exact) mass is 268 g/mol. The minimum Gasteiger partial charge on any atom is -0.315 e. The van der Waals surface area contributed by atoms with Gasteiger partial charge in [-0.05, 0) is 33.1 Å². The minimum absolute atomic E-state index is 0.197. The van der Waals surface area contributed by atoms with E-state index < -0.39 is 0 Å². The van der Waals surface area contributed by atoms with Crippen LogP contribution in [-0.2, 0) is 6.42 Å². The standard InChI is InChI=1S/C13H20N2O2S/c1-13(2,18-3)10-14-9-8-11-6-4-5-7-12(11)15(16)17/h4-7,14H,8-10H2,1-3H3. The summed E-state index contributed by atoms with van der Waals surface area (Å²) in [7, 11) is 0. The lowest BCUT2D eigenvalue weighted by molar-refractivity contribution is -0.385. The zero-order chi connectivity index (χ0) is 13.6. The molecule has 100 valence electrons. The fourth-order valence-corrected chi connectivity index (χ4v) is 1.83. The summed E-state index contributed by atoms with van der Waals surface area (Å²) in [5.41, 5.74) is 1.00. The largest absolute Gasteiger partial charge is 0.315 e. The van der Waals surface area contributed by atoms with Crippen molar-refractivity contribution in [2.75, 3.05) is 19.3 Å². The molecule has 0 fully saturated rings. The van der Waals surface area contributed by atoms with Gasteiger partial charge in [-0.3, -0.25) is 10.1 Å². The number of benzene rings is 1. The number of nitrogens with zero attached hydrogens (tertiary/aromatic N) is 1. The second-order valence-corrected chi connectivity index (χ2v) is 6.29. The molecular weight excluding hydrogens is 248 g/mol. The highest BCUT2D eigenvalue weighted by Crippen LogP contribution is 2.20. The normalized spacial score (nSPS) is 11.5. The van der Waals surface area contributed by atoms with Crippen LogP contribution in [0.25, 0.3) is 0 Å². The van der Waals surface area contributed by atoms with E-state index in [1.54, 1.807) is 12.1 Å². The van der Waals surface area contributed by atoms with E-state index >= 15 is 0 Å². The van der Waals surface area contributed by atoms with Crippen molar-refractivity contribution in [2.45, 2.75) is 25.0 Å². The lowest BCUT2D eigenvalue weighted by Gasteiger charge is -2.22. The maximum Gasteiger partial charge on any atom is 0.272 e. The highest BCUT2D eigenvalue weighted by molar-refractivity contribution is 7.99. The summed E-state index contributed by atoms with van der Waals surface area (Å²) in [5, 5.41) is 14.2. The highest BCUT2D eigenvalue weighted by atomic mass is 32.2. The molecule has 1 aromatic carbocycles. The molecule has 4 nitrogen and oxygen atoms in total. The van der Waals surface area contributed by atoms with E-state index in [1.807, 2.05) is 23.9 Å². The van der Waals surface area contributed by atoms with Gasteiger partial charge in [-0.25, -0.2) is 0 Å². The van der Waals surface area contributed by atoms with Crippen LogP contribution in [0.3, 0.4) is 0 Å². The van der Waals surface area contributed by atoms with Crippen LogP contribution in [0.5, 0.6) is 0 Å². The fraction of sp³-hybridized carbons (Fsp3) is 0.538. The van der Waals surface area contributed by atoms with Crippen LogP contribution >= 0.6 is 11.8 Å². The Morgan fingerprint density at radius 3 is 2.67 bits per heavy atom. The molecule has 1 aromatic rings. The fourth-order valence-electron chi connectivity index (χ4n) is 1.58. The Kier molecular flexibility index (Phi) is 5.62. The van der Waals surface area contributed by atoms with Crippen molar-refractivity contribution >= 4 is 17.4 Å². The summed E-state index contributed by atoms with van der Waals surface area (Å²) in [6.07, 6.45) is 2.77. The molecule has 18 heavy (non-hydrogen) atoms. The summed E-state index contributed by atoms with van der Waals surface area (Å²) in [6.45, 7) is 6.01. The lowest BCUT2D eigenvalue weighted by Crippen LogP contribution is -2.33. The first-order chi connectivity index (χ1) is 8.46. The van der Waals surface area contributed by atoms with Crippen molar-refractivity contribution in [1.82, 2.24) is 5.32 Å². The molecule has 0 heterocycles. The number of hydrogen-bond donors (Lipinski definition) is 1. The number of para-hydroxylation sites is 1. The topological polar surface area (TPSA) is 55.2 Å². The second kappa shape index (κ2) is 6.75. The average Bonchev–Trinajstić information content (AvgIpc) is 2.35. The van der Waals surface area contributed by atoms with Gasteiger partial charge >= 0.3 is 0 Å². The second-order valence-electron chi connectivity index (χ2n) is 4.78. The molecule has 0 unspecified atom stereocenters. The van der Waals surface area contributed by atoms with Gasteiger partial charge in [-0.15, -0.1) is 0 Å². The van der Waals surface area contributed by atoms with E-state index in [1.165, 1.54) is 0 Å². The molecule has 1 rings (SSSR count). The SMILES string of the molecule is CSC(C)(C)CNCCc1ccccc1[N+](=O)[O-]. The number of nitro groups is 1. The molecule has 0 radical (unpaired) electrons. The van der Waals surface area contributed by atoms with Gasteiger partial charge in [0.15, 0.2) is 0 Å². The van der Waals surface area contributed by atoms with Gasteiger partial charge in [-0.2, -0.15) is 11.8 Å². The number of hydrogen-bond acceptors (Lipinski definition) is 4. The summed E-state index contributed by atoms with van der Waals surface area (Å²) >= 11 is 1.81. The summed E-state index contributed by atoms with van der Waals surface area (Å²) < 4.78 is 0.197. The van der Waals surface area contributed by atoms with Crippen LogP contribution in [0.1, 0.15) is 19.4 Å². The van der Waals surface area contributed by atoms with E-state index in [9.17, 15) is 10.1 Å². The van der Waals surface area contributed by atoms with Crippen molar-refractivity contribution < 1.29 is 4.92 Å². The van der Waals surface area contributed by atoms with Crippen molar-refractivity contribution in [3.05, 3.63) is 39.9 Å². The van der Waals surface area contributed by atoms with E-state index in [4.69, 9.17) is 0 Å². The van der Waals surface area contributed by atoms with Crippen LogP contribution in [0.4, 0.5) is 5.69 Å². The Bertz CT molecular complexity index is 408. The molecule has 0 aliphatic heterocycles. The predicted octanol–water partition coefficient (Wildman–Crippen LogP) is 2.87. The molecule has 5 heteroatoms. The van der Waals surface area contributed by atoms with Crippen molar-refractivity contribution in [1.29, 1.82) is 0 Å². The molecular formula is C13H20N2O2S.